The summed E-state index contributed by atoms with van der Waals surface area (Å²) in [4.78, 5) is 8.59. The van der Waals surface area contributed by atoms with E-state index in [-0.39, 0.29) is 0 Å². The van der Waals surface area contributed by atoms with Gasteiger partial charge in [-0.3, -0.25) is 0 Å². The van der Waals surface area contributed by atoms with Crippen LogP contribution in [0, 0.1) is 0 Å². The van der Waals surface area contributed by atoms with Crippen LogP contribution in [0.3, 0.4) is 0 Å². The van der Waals surface area contributed by atoms with Crippen LogP contribution in [0.4, 0.5) is 0 Å². The summed E-state index contributed by atoms with van der Waals surface area (Å²) in [7, 11) is 0. The molecule has 0 saturated carbocycles. The molecule has 0 aromatic carbocycles. The average molecular weight is 222 g/mol. The lowest BCUT2D eigenvalue weighted by atomic mass is 10.4. The minimum absolute atomic E-state index is 0.717. The van der Waals surface area contributed by atoms with Gasteiger partial charge in [0.05, 0.1) is 11.4 Å². The third-order valence-corrected chi connectivity index (χ3v) is 2.98. The van der Waals surface area contributed by atoms with Gasteiger partial charge in [0.2, 0.25) is 0 Å². The maximum Gasteiger partial charge on any atom is 0.115 e. The predicted octanol–water partition coefficient (Wildman–Crippen LogP) is 1.28. The number of aromatic nitrogens is 3. The third-order valence-electron chi connectivity index (χ3n) is 2.20. The second-order valence-corrected chi connectivity index (χ2v) is 4.26. The van der Waals surface area contributed by atoms with Crippen molar-refractivity contribution >= 4 is 11.3 Å². The Labute approximate surface area is 92.8 Å². The first-order valence-corrected chi connectivity index (χ1v) is 5.86. The van der Waals surface area contributed by atoms with Gasteiger partial charge in [-0.15, -0.1) is 11.3 Å². The van der Waals surface area contributed by atoms with Crippen LogP contribution in [0.2, 0.25) is 0 Å². The molecule has 0 aliphatic carbocycles. The van der Waals surface area contributed by atoms with Gasteiger partial charge >= 0.3 is 0 Å². The number of aryl methyl sites for hydroxylation is 1. The summed E-state index contributed by atoms with van der Waals surface area (Å²) < 4.78 is 2.15. The molecule has 0 aliphatic heterocycles. The van der Waals surface area contributed by atoms with E-state index < -0.39 is 0 Å². The summed E-state index contributed by atoms with van der Waals surface area (Å²) >= 11 is 1.66. The summed E-state index contributed by atoms with van der Waals surface area (Å²) in [6, 6.07) is 0. The maximum atomic E-state index is 5.49. The lowest BCUT2D eigenvalue weighted by molar-refractivity contribution is 0.624. The van der Waals surface area contributed by atoms with Crippen LogP contribution < -0.4 is 5.73 Å². The first kappa shape index (κ1) is 10.3. The molecule has 2 aromatic rings. The topological polar surface area (TPSA) is 56.7 Å². The highest BCUT2D eigenvalue weighted by molar-refractivity contribution is 7.09. The third kappa shape index (κ3) is 2.64. The summed E-state index contributed by atoms with van der Waals surface area (Å²) in [5.74, 6) is 1.07. The standard InChI is InChI=1S/C10H14N4S/c11-2-1-5-14-6-3-12-9(14)8-10-13-4-7-15-10/h3-4,6-7H,1-2,5,8,11H2. The molecule has 0 spiro atoms. The average Bonchev–Trinajstić information content (AvgIpc) is 2.87. The molecule has 2 aromatic heterocycles. The molecule has 2 N–H and O–H groups in total. The van der Waals surface area contributed by atoms with E-state index in [4.69, 9.17) is 5.73 Å². The summed E-state index contributed by atoms with van der Waals surface area (Å²) in [6.07, 6.45) is 7.46. The summed E-state index contributed by atoms with van der Waals surface area (Å²) in [6.45, 7) is 1.66. The monoisotopic (exact) mass is 222 g/mol. The molecule has 0 aliphatic rings. The van der Waals surface area contributed by atoms with Gasteiger partial charge in [-0.25, -0.2) is 9.97 Å². The molecule has 0 radical (unpaired) electrons. The van der Waals surface area contributed by atoms with Gasteiger partial charge < -0.3 is 10.3 Å². The number of hydrogen-bond acceptors (Lipinski definition) is 4. The Balaban J connectivity index is 2.04. The van der Waals surface area contributed by atoms with Crippen molar-refractivity contribution in [1.29, 1.82) is 0 Å². The van der Waals surface area contributed by atoms with Crippen LogP contribution in [-0.2, 0) is 13.0 Å². The van der Waals surface area contributed by atoms with E-state index in [1.54, 1.807) is 11.3 Å². The van der Waals surface area contributed by atoms with Crippen LogP contribution >= 0.6 is 11.3 Å². The first-order valence-electron chi connectivity index (χ1n) is 4.98. The number of imidazole rings is 1. The molecule has 15 heavy (non-hydrogen) atoms. The van der Waals surface area contributed by atoms with Crippen molar-refractivity contribution in [3.63, 3.8) is 0 Å². The summed E-state index contributed by atoms with van der Waals surface area (Å²) in [5.41, 5.74) is 5.49. The van der Waals surface area contributed by atoms with E-state index in [9.17, 15) is 0 Å². The number of rotatable bonds is 5. The van der Waals surface area contributed by atoms with Crippen LogP contribution in [0.5, 0.6) is 0 Å². The zero-order valence-electron chi connectivity index (χ0n) is 8.47. The molecule has 0 saturated heterocycles. The van der Waals surface area contributed by atoms with Crippen LogP contribution in [0.15, 0.2) is 24.0 Å². The van der Waals surface area contributed by atoms with Crippen molar-refractivity contribution in [1.82, 2.24) is 14.5 Å². The van der Waals surface area contributed by atoms with E-state index in [0.717, 1.165) is 36.8 Å². The lowest BCUT2D eigenvalue weighted by Crippen LogP contribution is -2.08. The second kappa shape index (κ2) is 5.04. The Hall–Kier alpha value is -1.20. The number of nitrogens with two attached hydrogens (primary N) is 1. The molecule has 0 unspecified atom stereocenters. The zero-order valence-corrected chi connectivity index (χ0v) is 9.28. The molecule has 2 rings (SSSR count). The van der Waals surface area contributed by atoms with Gasteiger partial charge in [0.15, 0.2) is 0 Å². The fourth-order valence-electron chi connectivity index (χ4n) is 1.45. The second-order valence-electron chi connectivity index (χ2n) is 3.28. The molecule has 4 nitrogen and oxygen atoms in total. The van der Waals surface area contributed by atoms with Gasteiger partial charge in [0, 0.05) is 30.5 Å². The Morgan fingerprint density at radius 2 is 2.27 bits per heavy atom. The van der Waals surface area contributed by atoms with Gasteiger partial charge in [0.1, 0.15) is 5.82 Å². The number of hydrogen-bond donors (Lipinski definition) is 1. The van der Waals surface area contributed by atoms with Crippen LogP contribution in [0.1, 0.15) is 17.3 Å². The van der Waals surface area contributed by atoms with E-state index >= 15 is 0 Å². The molecular formula is C10H14N4S. The van der Waals surface area contributed by atoms with Crippen molar-refractivity contribution in [2.24, 2.45) is 5.73 Å². The van der Waals surface area contributed by atoms with E-state index in [0.29, 0.717) is 0 Å². The highest BCUT2D eigenvalue weighted by atomic mass is 32.1. The minimum Gasteiger partial charge on any atom is -0.335 e. The smallest absolute Gasteiger partial charge is 0.115 e. The van der Waals surface area contributed by atoms with E-state index in [2.05, 4.69) is 14.5 Å². The molecule has 0 bridgehead atoms. The fraction of sp³-hybridized carbons (Fsp3) is 0.400. The summed E-state index contributed by atoms with van der Waals surface area (Å²) in [5, 5.41) is 3.10. The van der Waals surface area contributed by atoms with Gasteiger partial charge in [-0.05, 0) is 13.0 Å². The Morgan fingerprint density at radius 3 is 3.00 bits per heavy atom. The highest BCUT2D eigenvalue weighted by Crippen LogP contribution is 2.10. The van der Waals surface area contributed by atoms with Gasteiger partial charge in [-0.1, -0.05) is 0 Å². The molecule has 0 fully saturated rings. The SMILES string of the molecule is NCCCn1ccnc1Cc1nccs1. The largest absolute Gasteiger partial charge is 0.335 e. The number of nitrogens with zero attached hydrogens (tertiary/aromatic N) is 3. The van der Waals surface area contributed by atoms with Crippen molar-refractivity contribution in [2.45, 2.75) is 19.4 Å². The Morgan fingerprint density at radius 1 is 1.33 bits per heavy atom. The van der Waals surface area contributed by atoms with Crippen molar-refractivity contribution < 1.29 is 0 Å². The van der Waals surface area contributed by atoms with Crippen molar-refractivity contribution in [3.05, 3.63) is 34.8 Å². The molecule has 2 heterocycles. The van der Waals surface area contributed by atoms with Crippen molar-refractivity contribution in [2.75, 3.05) is 6.54 Å². The quantitative estimate of drug-likeness (QED) is 0.829. The molecule has 5 heteroatoms. The normalized spacial score (nSPS) is 10.7. The maximum absolute atomic E-state index is 5.49. The van der Waals surface area contributed by atoms with Gasteiger partial charge in [-0.2, -0.15) is 0 Å². The molecular weight excluding hydrogens is 208 g/mol. The lowest BCUT2D eigenvalue weighted by Gasteiger charge is -2.05. The first-order chi connectivity index (χ1) is 7.40. The molecule has 0 atom stereocenters. The van der Waals surface area contributed by atoms with Gasteiger partial charge in [0.25, 0.3) is 0 Å². The predicted molar refractivity (Wildman–Crippen MR) is 60.8 cm³/mol. The minimum atomic E-state index is 0.717. The zero-order chi connectivity index (χ0) is 10.5. The Bertz CT molecular complexity index is 393. The molecule has 0 amide bonds. The van der Waals surface area contributed by atoms with E-state index in [1.807, 2.05) is 24.0 Å². The fourth-order valence-corrected chi connectivity index (χ4v) is 2.06. The van der Waals surface area contributed by atoms with Crippen LogP contribution in [0.25, 0.3) is 0 Å². The highest BCUT2D eigenvalue weighted by Gasteiger charge is 2.05. The van der Waals surface area contributed by atoms with Crippen LogP contribution in [-0.4, -0.2) is 21.1 Å². The van der Waals surface area contributed by atoms with E-state index in [1.165, 1.54) is 0 Å². The van der Waals surface area contributed by atoms with Crippen molar-refractivity contribution in [3.8, 4) is 0 Å². The molecule has 80 valence electrons. The number of thiazole rings is 1. The Kier molecular flexibility index (Phi) is 3.47.